The van der Waals surface area contributed by atoms with Gasteiger partial charge >= 0.3 is 6.09 Å². The fourth-order valence-corrected chi connectivity index (χ4v) is 4.89. The van der Waals surface area contributed by atoms with Gasteiger partial charge in [-0.3, -0.25) is 0 Å². The van der Waals surface area contributed by atoms with E-state index >= 15 is 0 Å². The van der Waals surface area contributed by atoms with E-state index in [-0.39, 0.29) is 11.7 Å². The van der Waals surface area contributed by atoms with Gasteiger partial charge in [0.15, 0.2) is 0 Å². The van der Waals surface area contributed by atoms with Crippen LogP contribution in [0.4, 0.5) is 4.79 Å². The predicted molar refractivity (Wildman–Crippen MR) is 74.0 cm³/mol. The van der Waals surface area contributed by atoms with Gasteiger partial charge in [0.05, 0.1) is 5.76 Å². The van der Waals surface area contributed by atoms with E-state index in [9.17, 15) is 4.79 Å². The zero-order valence-electron chi connectivity index (χ0n) is 12.0. The van der Waals surface area contributed by atoms with Crippen LogP contribution in [0.3, 0.4) is 0 Å². The van der Waals surface area contributed by atoms with Gasteiger partial charge in [0.25, 0.3) is 0 Å². The molecule has 2 saturated carbocycles. The quantitative estimate of drug-likeness (QED) is 0.779. The second kappa shape index (κ2) is 4.40. The lowest BCUT2D eigenvalue weighted by molar-refractivity contribution is -0.0449. The SMILES string of the molecule is C=C1OC2(COC(=O)N3CCCCC3)CC3CC1C2C3. The smallest absolute Gasteiger partial charge is 0.409 e. The summed E-state index contributed by atoms with van der Waals surface area (Å²) in [5, 5.41) is 0. The molecule has 0 aromatic carbocycles. The zero-order chi connectivity index (χ0) is 13.7. The fraction of sp³-hybridized carbons (Fsp3) is 0.812. The maximum Gasteiger partial charge on any atom is 0.409 e. The third-order valence-corrected chi connectivity index (χ3v) is 5.77. The molecule has 4 fully saturated rings. The molecule has 2 heterocycles. The minimum absolute atomic E-state index is 0.153. The minimum atomic E-state index is -0.240. The van der Waals surface area contributed by atoms with Crippen LogP contribution in [0, 0.1) is 17.8 Å². The van der Waals surface area contributed by atoms with Crippen LogP contribution in [0.15, 0.2) is 12.3 Å². The van der Waals surface area contributed by atoms with Crippen molar-refractivity contribution in [3.63, 3.8) is 0 Å². The molecule has 4 unspecified atom stereocenters. The summed E-state index contributed by atoms with van der Waals surface area (Å²) in [5.74, 6) is 2.73. The summed E-state index contributed by atoms with van der Waals surface area (Å²) in [6.07, 6.45) is 6.76. The molecule has 2 saturated heterocycles. The average Bonchev–Trinajstić information content (AvgIpc) is 3.06. The van der Waals surface area contributed by atoms with E-state index in [1.54, 1.807) is 0 Å². The highest BCUT2D eigenvalue weighted by molar-refractivity contribution is 5.67. The van der Waals surface area contributed by atoms with E-state index in [1.807, 2.05) is 4.90 Å². The highest BCUT2D eigenvalue weighted by Gasteiger charge is 2.63. The van der Waals surface area contributed by atoms with Crippen molar-refractivity contribution in [2.45, 2.75) is 44.1 Å². The number of carbonyl (C=O) groups is 1. The van der Waals surface area contributed by atoms with Crippen molar-refractivity contribution in [2.75, 3.05) is 19.7 Å². The van der Waals surface area contributed by atoms with Gasteiger partial charge in [0.2, 0.25) is 0 Å². The number of nitrogens with zero attached hydrogens (tertiary/aromatic N) is 1. The van der Waals surface area contributed by atoms with Crippen molar-refractivity contribution in [3.8, 4) is 0 Å². The van der Waals surface area contributed by atoms with Gasteiger partial charge in [-0.05, 0) is 44.4 Å². The molecule has 20 heavy (non-hydrogen) atoms. The Kier molecular flexibility index (Phi) is 2.76. The van der Waals surface area contributed by atoms with E-state index in [2.05, 4.69) is 6.58 Å². The molecule has 2 aliphatic carbocycles. The Bertz CT molecular complexity index is 443. The van der Waals surface area contributed by atoms with Crippen molar-refractivity contribution in [3.05, 3.63) is 12.3 Å². The van der Waals surface area contributed by atoms with Gasteiger partial charge in [-0.2, -0.15) is 0 Å². The number of allylic oxidation sites excluding steroid dienone is 1. The van der Waals surface area contributed by atoms with Gasteiger partial charge in [-0.25, -0.2) is 4.79 Å². The van der Waals surface area contributed by atoms with E-state index in [4.69, 9.17) is 9.47 Å². The molecule has 2 bridgehead atoms. The summed E-state index contributed by atoms with van der Waals surface area (Å²) >= 11 is 0. The molecule has 4 aliphatic rings. The van der Waals surface area contributed by atoms with Gasteiger partial charge in [0, 0.05) is 24.9 Å². The van der Waals surface area contributed by atoms with Crippen LogP contribution in [0.5, 0.6) is 0 Å². The second-order valence-electron chi connectivity index (χ2n) is 6.99. The summed E-state index contributed by atoms with van der Waals surface area (Å²) in [6.45, 7) is 6.16. The Morgan fingerprint density at radius 2 is 2.15 bits per heavy atom. The first-order valence-electron chi connectivity index (χ1n) is 7.97. The van der Waals surface area contributed by atoms with Crippen molar-refractivity contribution in [1.82, 2.24) is 4.90 Å². The van der Waals surface area contributed by atoms with Crippen molar-refractivity contribution < 1.29 is 14.3 Å². The summed E-state index contributed by atoms with van der Waals surface area (Å²) in [7, 11) is 0. The third kappa shape index (κ3) is 1.76. The number of piperidine rings is 1. The van der Waals surface area contributed by atoms with E-state index in [0.29, 0.717) is 18.4 Å². The molecule has 110 valence electrons. The number of fused-ring (bicyclic) bond motifs is 1. The number of rotatable bonds is 2. The van der Waals surface area contributed by atoms with E-state index < -0.39 is 0 Å². The first-order chi connectivity index (χ1) is 9.68. The Morgan fingerprint density at radius 1 is 1.35 bits per heavy atom. The Labute approximate surface area is 120 Å². The highest BCUT2D eigenvalue weighted by Crippen LogP contribution is 2.63. The largest absolute Gasteiger partial charge is 0.488 e. The molecule has 0 aromatic rings. The Balaban J connectivity index is 1.40. The van der Waals surface area contributed by atoms with Crippen LogP contribution < -0.4 is 0 Å². The second-order valence-corrected chi connectivity index (χ2v) is 6.99. The van der Waals surface area contributed by atoms with Gasteiger partial charge in [0.1, 0.15) is 12.2 Å². The lowest BCUT2D eigenvalue weighted by Crippen LogP contribution is -2.43. The van der Waals surface area contributed by atoms with Crippen molar-refractivity contribution >= 4 is 6.09 Å². The van der Waals surface area contributed by atoms with Crippen LogP contribution in [-0.4, -0.2) is 36.3 Å². The molecular formula is C16H23NO3. The molecule has 0 N–H and O–H groups in total. The minimum Gasteiger partial charge on any atom is -0.488 e. The molecule has 1 amide bonds. The first kappa shape index (κ1) is 12.5. The molecule has 4 rings (SSSR count). The van der Waals surface area contributed by atoms with Crippen LogP contribution in [-0.2, 0) is 9.47 Å². The monoisotopic (exact) mass is 277 g/mol. The number of ether oxygens (including phenoxy) is 2. The zero-order valence-corrected chi connectivity index (χ0v) is 12.0. The van der Waals surface area contributed by atoms with Crippen LogP contribution in [0.2, 0.25) is 0 Å². The molecule has 4 atom stereocenters. The number of hydrogen-bond donors (Lipinski definition) is 0. The Hall–Kier alpha value is -1.19. The number of likely N-dealkylation sites (tertiary alicyclic amines) is 1. The summed E-state index contributed by atoms with van der Waals surface area (Å²) in [6, 6.07) is 0. The standard InChI is InChI=1S/C16H23NO3/c1-11-13-7-12-8-14(13)16(9-12,20-11)10-19-15(18)17-5-3-2-4-6-17/h12-14H,1-10H2. The topological polar surface area (TPSA) is 38.8 Å². The molecule has 0 radical (unpaired) electrons. The maximum atomic E-state index is 12.1. The average molecular weight is 277 g/mol. The normalized spacial score (nSPS) is 41.9. The fourth-order valence-electron chi connectivity index (χ4n) is 4.89. The van der Waals surface area contributed by atoms with E-state index in [1.165, 1.54) is 19.3 Å². The Morgan fingerprint density at radius 3 is 2.90 bits per heavy atom. The summed E-state index contributed by atoms with van der Waals surface area (Å²) in [4.78, 5) is 14.0. The van der Waals surface area contributed by atoms with Crippen LogP contribution in [0.25, 0.3) is 0 Å². The number of hydrogen-bond acceptors (Lipinski definition) is 3. The maximum absolute atomic E-state index is 12.1. The van der Waals surface area contributed by atoms with Crippen molar-refractivity contribution in [2.24, 2.45) is 17.8 Å². The van der Waals surface area contributed by atoms with Crippen LogP contribution >= 0.6 is 0 Å². The van der Waals surface area contributed by atoms with E-state index in [0.717, 1.165) is 44.0 Å². The summed E-state index contributed by atoms with van der Waals surface area (Å²) in [5.41, 5.74) is -0.240. The lowest BCUT2D eigenvalue weighted by Gasteiger charge is -2.32. The molecule has 4 heteroatoms. The highest BCUT2D eigenvalue weighted by atomic mass is 16.6. The predicted octanol–water partition coefficient (Wildman–Crippen LogP) is 2.94. The van der Waals surface area contributed by atoms with Crippen LogP contribution in [0.1, 0.15) is 38.5 Å². The number of carbonyl (C=O) groups excluding carboxylic acids is 1. The van der Waals surface area contributed by atoms with Gasteiger partial charge < -0.3 is 14.4 Å². The molecule has 0 aromatic heterocycles. The van der Waals surface area contributed by atoms with Crippen molar-refractivity contribution in [1.29, 1.82) is 0 Å². The third-order valence-electron chi connectivity index (χ3n) is 5.77. The first-order valence-corrected chi connectivity index (χ1v) is 7.97. The molecule has 0 spiro atoms. The molecular weight excluding hydrogens is 254 g/mol. The number of amides is 1. The lowest BCUT2D eigenvalue weighted by atomic mass is 9.80. The van der Waals surface area contributed by atoms with Gasteiger partial charge in [-0.15, -0.1) is 0 Å². The molecule has 4 nitrogen and oxygen atoms in total. The molecule has 2 aliphatic heterocycles. The van der Waals surface area contributed by atoms with Gasteiger partial charge in [-0.1, -0.05) is 6.58 Å². The summed E-state index contributed by atoms with van der Waals surface area (Å²) < 4.78 is 11.7.